The predicted molar refractivity (Wildman–Crippen MR) is 86.8 cm³/mol. The molecule has 2 heteroatoms. The van der Waals surface area contributed by atoms with Crippen molar-refractivity contribution in [2.24, 2.45) is 0 Å². The molecule has 116 valence electrons. The summed E-state index contributed by atoms with van der Waals surface area (Å²) in [5.41, 5.74) is 0. The van der Waals surface area contributed by atoms with Crippen LogP contribution in [0.5, 0.6) is 0 Å². The lowest BCUT2D eigenvalue weighted by atomic mass is 10.1. The molecule has 0 unspecified atom stereocenters. The van der Waals surface area contributed by atoms with Crippen molar-refractivity contribution in [3.05, 3.63) is 24.3 Å². The van der Waals surface area contributed by atoms with E-state index in [0.29, 0.717) is 13.0 Å². The van der Waals surface area contributed by atoms with E-state index in [-0.39, 0.29) is 5.97 Å². The van der Waals surface area contributed by atoms with Gasteiger partial charge in [-0.2, -0.15) is 0 Å². The summed E-state index contributed by atoms with van der Waals surface area (Å²) in [7, 11) is 0. The largest absolute Gasteiger partial charge is 0.466 e. The molecule has 0 aromatic heterocycles. The van der Waals surface area contributed by atoms with Gasteiger partial charge in [-0.1, -0.05) is 56.9 Å². The second kappa shape index (κ2) is 16.0. The Bertz CT molecular complexity index is 267. The summed E-state index contributed by atoms with van der Waals surface area (Å²) in [4.78, 5) is 11.1. The minimum absolute atomic E-state index is 0.0465. The molecule has 20 heavy (non-hydrogen) atoms. The van der Waals surface area contributed by atoms with Crippen molar-refractivity contribution in [3.63, 3.8) is 0 Å². The lowest BCUT2D eigenvalue weighted by Gasteiger charge is -2.02. The van der Waals surface area contributed by atoms with Gasteiger partial charge in [-0.3, -0.25) is 4.79 Å². The molecule has 0 aromatic rings. The molecule has 0 atom stereocenters. The quantitative estimate of drug-likeness (QED) is 0.250. The summed E-state index contributed by atoms with van der Waals surface area (Å²) in [6.07, 6.45) is 20.2. The molecule has 0 amide bonds. The Morgan fingerprint density at radius 1 is 0.850 bits per heavy atom. The van der Waals surface area contributed by atoms with Crippen LogP contribution in [0.25, 0.3) is 0 Å². The first-order valence-electron chi connectivity index (χ1n) is 8.26. The van der Waals surface area contributed by atoms with Gasteiger partial charge in [0.25, 0.3) is 0 Å². The van der Waals surface area contributed by atoms with Gasteiger partial charge < -0.3 is 4.74 Å². The SMILES string of the molecule is CC/C=C/C/C=C/CCCCCCCCC(=O)OCC. The van der Waals surface area contributed by atoms with E-state index in [9.17, 15) is 4.79 Å². The molecular weight excluding hydrogens is 248 g/mol. The van der Waals surface area contributed by atoms with Crippen LogP contribution in [0, 0.1) is 0 Å². The Morgan fingerprint density at radius 3 is 2.20 bits per heavy atom. The smallest absolute Gasteiger partial charge is 0.305 e. The molecule has 0 saturated carbocycles. The summed E-state index contributed by atoms with van der Waals surface area (Å²) in [5, 5.41) is 0. The number of hydrogen-bond acceptors (Lipinski definition) is 2. The summed E-state index contributed by atoms with van der Waals surface area (Å²) in [5.74, 6) is -0.0465. The van der Waals surface area contributed by atoms with Gasteiger partial charge in [0.2, 0.25) is 0 Å². The van der Waals surface area contributed by atoms with Crippen LogP contribution in [0.1, 0.15) is 78.1 Å². The third-order valence-electron chi connectivity index (χ3n) is 3.15. The summed E-state index contributed by atoms with van der Waals surface area (Å²) >= 11 is 0. The lowest BCUT2D eigenvalue weighted by molar-refractivity contribution is -0.143. The third-order valence-corrected chi connectivity index (χ3v) is 3.15. The molecule has 0 aromatic carbocycles. The van der Waals surface area contributed by atoms with Gasteiger partial charge in [-0.05, 0) is 39.0 Å². The van der Waals surface area contributed by atoms with Crippen LogP contribution >= 0.6 is 0 Å². The number of rotatable bonds is 13. The fourth-order valence-corrected chi connectivity index (χ4v) is 2.03. The Balaban J connectivity index is 3.17. The molecule has 0 aliphatic carbocycles. The van der Waals surface area contributed by atoms with E-state index in [2.05, 4.69) is 31.2 Å². The molecule has 0 N–H and O–H groups in total. The number of unbranched alkanes of at least 4 members (excludes halogenated alkanes) is 6. The average molecular weight is 280 g/mol. The Kier molecular flexibility index (Phi) is 15.2. The van der Waals surface area contributed by atoms with Gasteiger partial charge >= 0.3 is 5.97 Å². The summed E-state index contributed by atoms with van der Waals surface area (Å²) < 4.78 is 4.90. The average Bonchev–Trinajstić information content (AvgIpc) is 2.44. The molecule has 0 radical (unpaired) electrons. The maximum atomic E-state index is 11.1. The van der Waals surface area contributed by atoms with Gasteiger partial charge in [0.15, 0.2) is 0 Å². The van der Waals surface area contributed by atoms with Crippen molar-refractivity contribution in [1.29, 1.82) is 0 Å². The zero-order valence-corrected chi connectivity index (χ0v) is 13.4. The van der Waals surface area contributed by atoms with Crippen LogP contribution < -0.4 is 0 Å². The van der Waals surface area contributed by atoms with Crippen LogP contribution in [-0.4, -0.2) is 12.6 Å². The highest BCUT2D eigenvalue weighted by Gasteiger charge is 2.00. The fraction of sp³-hybridized carbons (Fsp3) is 0.722. The first kappa shape index (κ1) is 18.9. The Morgan fingerprint density at radius 2 is 1.50 bits per heavy atom. The van der Waals surface area contributed by atoms with E-state index >= 15 is 0 Å². The fourth-order valence-electron chi connectivity index (χ4n) is 2.03. The zero-order chi connectivity index (χ0) is 14.9. The van der Waals surface area contributed by atoms with Crippen LogP contribution in [0.4, 0.5) is 0 Å². The van der Waals surface area contributed by atoms with Gasteiger partial charge in [0.1, 0.15) is 0 Å². The summed E-state index contributed by atoms with van der Waals surface area (Å²) in [6, 6.07) is 0. The van der Waals surface area contributed by atoms with Crippen molar-refractivity contribution < 1.29 is 9.53 Å². The maximum absolute atomic E-state index is 11.1. The highest BCUT2D eigenvalue weighted by molar-refractivity contribution is 5.69. The summed E-state index contributed by atoms with van der Waals surface area (Å²) in [6.45, 7) is 4.51. The van der Waals surface area contributed by atoms with E-state index in [4.69, 9.17) is 4.74 Å². The molecule has 0 bridgehead atoms. The molecule has 0 spiro atoms. The second-order valence-electron chi connectivity index (χ2n) is 5.05. The Hall–Kier alpha value is -1.05. The van der Waals surface area contributed by atoms with Crippen molar-refractivity contribution in [2.75, 3.05) is 6.61 Å². The minimum atomic E-state index is -0.0465. The van der Waals surface area contributed by atoms with Crippen LogP contribution in [0.2, 0.25) is 0 Å². The molecule has 0 heterocycles. The van der Waals surface area contributed by atoms with Crippen LogP contribution in [0.15, 0.2) is 24.3 Å². The molecule has 0 aliphatic heterocycles. The van der Waals surface area contributed by atoms with E-state index in [1.54, 1.807) is 0 Å². The molecular formula is C18H32O2. The molecule has 0 rings (SSSR count). The normalized spacial score (nSPS) is 11.5. The highest BCUT2D eigenvalue weighted by atomic mass is 16.5. The van der Waals surface area contributed by atoms with E-state index in [1.165, 1.54) is 32.1 Å². The third kappa shape index (κ3) is 15.0. The van der Waals surface area contributed by atoms with Crippen molar-refractivity contribution in [1.82, 2.24) is 0 Å². The number of hydrogen-bond donors (Lipinski definition) is 0. The Labute approximate surface area is 125 Å². The van der Waals surface area contributed by atoms with E-state index in [0.717, 1.165) is 25.7 Å². The van der Waals surface area contributed by atoms with Gasteiger partial charge in [0, 0.05) is 6.42 Å². The molecule has 2 nitrogen and oxygen atoms in total. The minimum Gasteiger partial charge on any atom is -0.466 e. The maximum Gasteiger partial charge on any atom is 0.305 e. The van der Waals surface area contributed by atoms with Gasteiger partial charge in [-0.25, -0.2) is 0 Å². The molecule has 0 fully saturated rings. The standard InChI is InChI=1S/C18H32O2/c1-3-5-6-7-8-9-10-11-12-13-14-15-16-17-18(19)20-4-2/h5-6,8-9H,3-4,7,10-17H2,1-2H3/b6-5+,9-8+. The van der Waals surface area contributed by atoms with Gasteiger partial charge in [0.05, 0.1) is 6.61 Å². The highest BCUT2D eigenvalue weighted by Crippen LogP contribution is 2.09. The molecule has 0 aliphatic rings. The van der Waals surface area contributed by atoms with Crippen molar-refractivity contribution in [3.8, 4) is 0 Å². The first-order valence-corrected chi connectivity index (χ1v) is 8.26. The van der Waals surface area contributed by atoms with E-state index in [1.807, 2.05) is 6.92 Å². The predicted octanol–water partition coefficient (Wildman–Crippen LogP) is 5.58. The second-order valence-corrected chi connectivity index (χ2v) is 5.05. The zero-order valence-electron chi connectivity index (χ0n) is 13.4. The number of carbonyl (C=O) groups excluding carboxylic acids is 1. The number of ether oxygens (including phenoxy) is 1. The van der Waals surface area contributed by atoms with Crippen molar-refractivity contribution >= 4 is 5.97 Å². The van der Waals surface area contributed by atoms with E-state index < -0.39 is 0 Å². The number of carbonyl (C=O) groups is 1. The first-order chi connectivity index (χ1) is 9.81. The van der Waals surface area contributed by atoms with Crippen LogP contribution in [0.3, 0.4) is 0 Å². The molecule has 0 saturated heterocycles. The lowest BCUT2D eigenvalue weighted by Crippen LogP contribution is -2.03. The monoisotopic (exact) mass is 280 g/mol. The topological polar surface area (TPSA) is 26.3 Å². The van der Waals surface area contributed by atoms with Gasteiger partial charge in [-0.15, -0.1) is 0 Å². The van der Waals surface area contributed by atoms with Crippen molar-refractivity contribution in [2.45, 2.75) is 78.1 Å². The number of esters is 1. The van der Waals surface area contributed by atoms with Crippen LogP contribution in [-0.2, 0) is 9.53 Å². The number of allylic oxidation sites excluding steroid dienone is 4.